The summed E-state index contributed by atoms with van der Waals surface area (Å²) in [5.41, 5.74) is 3.68. The first-order valence-electron chi connectivity index (χ1n) is 9.50. The Kier molecular flexibility index (Phi) is 6.39. The zero-order valence-corrected chi connectivity index (χ0v) is 17.4. The van der Waals surface area contributed by atoms with Crippen LogP contribution in [-0.2, 0) is 21.2 Å². The molecule has 3 aromatic rings. The lowest BCUT2D eigenvalue weighted by Gasteiger charge is -2.14. The molecule has 0 fully saturated rings. The summed E-state index contributed by atoms with van der Waals surface area (Å²) in [7, 11) is -3.39. The van der Waals surface area contributed by atoms with E-state index in [0.29, 0.717) is 23.4 Å². The maximum absolute atomic E-state index is 12.5. The largest absolute Gasteiger partial charge is 0.325 e. The predicted molar refractivity (Wildman–Crippen MR) is 117 cm³/mol. The highest BCUT2D eigenvalue weighted by Crippen LogP contribution is 2.24. The molecule has 1 heterocycles. The van der Waals surface area contributed by atoms with Gasteiger partial charge in [-0.2, -0.15) is 0 Å². The number of anilines is 2. The molecule has 1 aromatic heterocycles. The van der Waals surface area contributed by atoms with Crippen molar-refractivity contribution < 1.29 is 13.2 Å². The van der Waals surface area contributed by atoms with E-state index in [2.05, 4.69) is 10.0 Å². The number of hydrogen-bond acceptors (Lipinski definition) is 3. The number of carbonyl (C=O) groups excluding carboxylic acids is 1. The van der Waals surface area contributed by atoms with Gasteiger partial charge in [-0.3, -0.25) is 9.52 Å². The van der Waals surface area contributed by atoms with Gasteiger partial charge < -0.3 is 9.88 Å². The number of hydrogen-bond donors (Lipinski definition) is 2. The topological polar surface area (TPSA) is 80.2 Å². The molecule has 0 bridgehead atoms. The van der Waals surface area contributed by atoms with Crippen molar-refractivity contribution in [3.05, 3.63) is 78.1 Å². The Labute approximate surface area is 171 Å². The second kappa shape index (κ2) is 8.96. The fourth-order valence-electron chi connectivity index (χ4n) is 3.04. The monoisotopic (exact) mass is 411 g/mol. The van der Waals surface area contributed by atoms with Crippen molar-refractivity contribution in [1.82, 2.24) is 4.57 Å². The summed E-state index contributed by atoms with van der Waals surface area (Å²) in [4.78, 5) is 12.5. The van der Waals surface area contributed by atoms with Crippen molar-refractivity contribution in [2.75, 3.05) is 15.8 Å². The number of rotatable bonds is 8. The average Bonchev–Trinajstić information content (AvgIpc) is 3.20. The van der Waals surface area contributed by atoms with Crippen LogP contribution in [0.15, 0.2) is 67.0 Å². The molecule has 3 rings (SSSR count). The molecule has 152 valence electrons. The molecular formula is C22H25N3O3S. The second-order valence-electron chi connectivity index (χ2n) is 6.88. The van der Waals surface area contributed by atoms with Gasteiger partial charge in [0.15, 0.2) is 0 Å². The van der Waals surface area contributed by atoms with Gasteiger partial charge in [0, 0.05) is 23.8 Å². The Morgan fingerprint density at radius 3 is 2.28 bits per heavy atom. The number of nitrogens with zero attached hydrogens (tertiary/aromatic N) is 1. The van der Waals surface area contributed by atoms with Crippen molar-refractivity contribution in [3.8, 4) is 5.69 Å². The minimum absolute atomic E-state index is 0.0576. The van der Waals surface area contributed by atoms with Gasteiger partial charge >= 0.3 is 0 Å². The zero-order chi connectivity index (χ0) is 20.9. The fraction of sp³-hybridized carbons (Fsp3) is 0.227. The fourth-order valence-corrected chi connectivity index (χ4v) is 4.24. The van der Waals surface area contributed by atoms with Crippen LogP contribution in [0.25, 0.3) is 5.69 Å². The van der Waals surface area contributed by atoms with E-state index >= 15 is 0 Å². The Balaban J connectivity index is 1.67. The molecule has 0 unspecified atom stereocenters. The summed E-state index contributed by atoms with van der Waals surface area (Å²) in [5.74, 6) is -0.0995. The molecule has 2 aromatic carbocycles. The van der Waals surface area contributed by atoms with Gasteiger partial charge in [-0.05, 0) is 60.9 Å². The summed E-state index contributed by atoms with van der Waals surface area (Å²) < 4.78 is 28.7. The minimum atomic E-state index is -3.39. The van der Waals surface area contributed by atoms with Crippen LogP contribution in [0.5, 0.6) is 0 Å². The van der Waals surface area contributed by atoms with Gasteiger partial charge in [0.2, 0.25) is 15.9 Å². The van der Waals surface area contributed by atoms with Crippen molar-refractivity contribution in [3.63, 3.8) is 0 Å². The van der Waals surface area contributed by atoms with Crippen molar-refractivity contribution in [1.29, 1.82) is 0 Å². The average molecular weight is 412 g/mol. The highest BCUT2D eigenvalue weighted by molar-refractivity contribution is 7.92. The van der Waals surface area contributed by atoms with Crippen LogP contribution in [0.4, 0.5) is 11.4 Å². The highest BCUT2D eigenvalue weighted by atomic mass is 32.2. The molecule has 0 spiro atoms. The molecule has 0 saturated carbocycles. The Morgan fingerprint density at radius 1 is 0.966 bits per heavy atom. The third-order valence-electron chi connectivity index (χ3n) is 4.55. The van der Waals surface area contributed by atoms with Crippen molar-refractivity contribution in [2.24, 2.45) is 0 Å². The van der Waals surface area contributed by atoms with Crippen LogP contribution in [0.1, 0.15) is 24.5 Å². The van der Waals surface area contributed by atoms with E-state index in [1.54, 1.807) is 25.1 Å². The molecular weight excluding hydrogens is 386 g/mol. The number of benzene rings is 2. The van der Waals surface area contributed by atoms with E-state index in [9.17, 15) is 13.2 Å². The lowest BCUT2D eigenvalue weighted by Crippen LogP contribution is -2.18. The Morgan fingerprint density at radius 2 is 1.62 bits per heavy atom. The maximum atomic E-state index is 12.5. The molecule has 7 heteroatoms. The van der Waals surface area contributed by atoms with Crippen LogP contribution in [0, 0.1) is 6.92 Å². The first kappa shape index (κ1) is 20.7. The molecule has 0 aliphatic carbocycles. The standard InChI is InChI=1S/C22H25N3O3S/c1-3-15-29(27,28)24-21-8-6-7-20(17(21)2)23-22(26)16-18-9-11-19(12-10-18)25-13-4-5-14-25/h4-14,24H,3,15-16H2,1-2H3,(H,23,26). The Hall–Kier alpha value is -3.06. The van der Waals surface area contributed by atoms with E-state index in [1.807, 2.05) is 60.3 Å². The molecule has 0 saturated heterocycles. The molecule has 0 aliphatic heterocycles. The van der Waals surface area contributed by atoms with Gasteiger partial charge in [-0.25, -0.2) is 8.42 Å². The van der Waals surface area contributed by atoms with E-state index in [4.69, 9.17) is 0 Å². The first-order valence-corrected chi connectivity index (χ1v) is 11.2. The van der Waals surface area contributed by atoms with Gasteiger partial charge in [0.05, 0.1) is 17.9 Å². The number of aromatic nitrogens is 1. The van der Waals surface area contributed by atoms with Crippen LogP contribution in [0.3, 0.4) is 0 Å². The third kappa shape index (κ3) is 5.48. The molecule has 29 heavy (non-hydrogen) atoms. The minimum Gasteiger partial charge on any atom is -0.325 e. The molecule has 2 N–H and O–H groups in total. The molecule has 0 radical (unpaired) electrons. The Bertz CT molecular complexity index is 1070. The van der Waals surface area contributed by atoms with E-state index in [-0.39, 0.29) is 18.1 Å². The number of carbonyl (C=O) groups is 1. The normalized spacial score (nSPS) is 11.2. The summed E-state index contributed by atoms with van der Waals surface area (Å²) in [5, 5.41) is 2.88. The van der Waals surface area contributed by atoms with Gasteiger partial charge in [-0.1, -0.05) is 25.1 Å². The van der Waals surface area contributed by atoms with Gasteiger partial charge in [0.25, 0.3) is 0 Å². The highest BCUT2D eigenvalue weighted by Gasteiger charge is 2.13. The first-order chi connectivity index (χ1) is 13.9. The molecule has 0 aliphatic rings. The number of nitrogens with one attached hydrogen (secondary N) is 2. The summed E-state index contributed by atoms with van der Waals surface area (Å²) >= 11 is 0. The van der Waals surface area contributed by atoms with E-state index < -0.39 is 10.0 Å². The van der Waals surface area contributed by atoms with Gasteiger partial charge in [0.1, 0.15) is 0 Å². The molecule has 6 nitrogen and oxygen atoms in total. The zero-order valence-electron chi connectivity index (χ0n) is 16.6. The van der Waals surface area contributed by atoms with Crippen LogP contribution in [-0.4, -0.2) is 24.6 Å². The number of sulfonamides is 1. The number of amides is 1. The lowest BCUT2D eigenvalue weighted by molar-refractivity contribution is -0.115. The molecule has 0 atom stereocenters. The van der Waals surface area contributed by atoms with Gasteiger partial charge in [-0.15, -0.1) is 0 Å². The lowest BCUT2D eigenvalue weighted by atomic mass is 10.1. The predicted octanol–water partition coefficient (Wildman–Crippen LogP) is 4.12. The second-order valence-corrected chi connectivity index (χ2v) is 8.72. The summed E-state index contributed by atoms with van der Waals surface area (Å²) in [6.45, 7) is 3.60. The van der Waals surface area contributed by atoms with Crippen LogP contribution < -0.4 is 10.0 Å². The van der Waals surface area contributed by atoms with Crippen LogP contribution in [0.2, 0.25) is 0 Å². The van der Waals surface area contributed by atoms with Crippen LogP contribution >= 0.6 is 0 Å². The van der Waals surface area contributed by atoms with Crippen molar-refractivity contribution in [2.45, 2.75) is 26.7 Å². The van der Waals surface area contributed by atoms with E-state index in [1.165, 1.54) is 0 Å². The third-order valence-corrected chi connectivity index (χ3v) is 6.03. The quantitative estimate of drug-likeness (QED) is 0.585. The smallest absolute Gasteiger partial charge is 0.232 e. The van der Waals surface area contributed by atoms with Crippen molar-refractivity contribution >= 4 is 27.3 Å². The summed E-state index contributed by atoms with van der Waals surface area (Å²) in [6.07, 6.45) is 4.70. The summed E-state index contributed by atoms with van der Waals surface area (Å²) in [6, 6.07) is 16.9. The molecule has 1 amide bonds. The maximum Gasteiger partial charge on any atom is 0.232 e. The SMILES string of the molecule is CCCS(=O)(=O)Nc1cccc(NC(=O)Cc2ccc(-n3cccc3)cc2)c1C. The van der Waals surface area contributed by atoms with E-state index in [0.717, 1.165) is 11.3 Å².